The largest absolute Gasteiger partial charge is 0.437 e. The molecule has 0 radical (unpaired) electrons. The summed E-state index contributed by atoms with van der Waals surface area (Å²) in [5.41, 5.74) is 0.538. The Hall–Kier alpha value is -2.12. The van der Waals surface area contributed by atoms with Crippen molar-refractivity contribution in [1.29, 1.82) is 0 Å². The number of carbonyl (C=O) groups excluding carboxylic acids is 2. The van der Waals surface area contributed by atoms with Crippen LogP contribution in [0.15, 0.2) is 24.4 Å². The first-order valence-corrected chi connectivity index (χ1v) is 8.13. The summed E-state index contributed by atoms with van der Waals surface area (Å²) in [4.78, 5) is 30.0. The molecule has 0 bridgehead atoms. The minimum atomic E-state index is -1.06. The highest BCUT2D eigenvalue weighted by Crippen LogP contribution is 2.48. The summed E-state index contributed by atoms with van der Waals surface area (Å²) in [6.07, 6.45) is 3.90. The Balaban J connectivity index is 1.77. The van der Waals surface area contributed by atoms with Gasteiger partial charge < -0.3 is 14.4 Å². The summed E-state index contributed by atoms with van der Waals surface area (Å²) < 4.78 is 11.2. The van der Waals surface area contributed by atoms with E-state index in [4.69, 9.17) is 21.1 Å². The van der Waals surface area contributed by atoms with Crippen molar-refractivity contribution in [2.45, 2.75) is 25.3 Å². The highest BCUT2D eigenvalue weighted by Gasteiger charge is 2.65. The number of carbonyl (C=O) groups is 2. The smallest absolute Gasteiger partial charge is 0.333 e. The van der Waals surface area contributed by atoms with Crippen molar-refractivity contribution in [2.24, 2.45) is 5.92 Å². The van der Waals surface area contributed by atoms with Gasteiger partial charge in [-0.2, -0.15) is 0 Å². The number of anilines is 1. The predicted octanol–water partition coefficient (Wildman–Crippen LogP) is 1.15. The zero-order valence-corrected chi connectivity index (χ0v) is 13.7. The molecule has 2 fully saturated rings. The summed E-state index contributed by atoms with van der Waals surface area (Å²) in [7, 11) is 0. The number of pyridine rings is 1. The Morgan fingerprint density at radius 3 is 2.96 bits per heavy atom. The molecule has 0 saturated carbocycles. The van der Waals surface area contributed by atoms with Crippen molar-refractivity contribution >= 4 is 29.2 Å². The maximum absolute atomic E-state index is 12.1. The lowest BCUT2D eigenvalue weighted by molar-refractivity contribution is -0.224. The van der Waals surface area contributed by atoms with Crippen molar-refractivity contribution in [3.8, 4) is 0 Å². The highest BCUT2D eigenvalue weighted by molar-refractivity contribution is 6.30. The van der Waals surface area contributed by atoms with Gasteiger partial charge in [-0.05, 0) is 31.5 Å². The number of esters is 2. The van der Waals surface area contributed by atoms with Gasteiger partial charge in [-0.3, -0.25) is 5.32 Å². The molecule has 3 aliphatic heterocycles. The van der Waals surface area contributed by atoms with Crippen molar-refractivity contribution in [1.82, 2.24) is 10.3 Å². The number of piperidine rings is 1. The summed E-state index contributed by atoms with van der Waals surface area (Å²) in [6.45, 7) is 3.24. The first-order valence-electron chi connectivity index (χ1n) is 7.75. The Bertz CT molecular complexity index is 753. The van der Waals surface area contributed by atoms with Crippen molar-refractivity contribution in [3.05, 3.63) is 35.1 Å². The number of nitrogens with one attached hydrogen (secondary N) is 1. The SMILES string of the molecule is Cc1cc(N2C[C@H]3CCNC4OC(=O)/C=C/C(=O)O[C@]432)cnc1Cl. The Kier molecular flexibility index (Phi) is 3.51. The van der Waals surface area contributed by atoms with E-state index < -0.39 is 23.9 Å². The quantitative estimate of drug-likeness (QED) is 0.601. The number of ether oxygens (including phenoxy) is 2. The molecule has 8 heteroatoms. The van der Waals surface area contributed by atoms with Gasteiger partial charge in [0.1, 0.15) is 5.15 Å². The Morgan fingerprint density at radius 1 is 1.38 bits per heavy atom. The first-order chi connectivity index (χ1) is 11.5. The third-order valence-electron chi connectivity index (χ3n) is 4.77. The Labute approximate surface area is 143 Å². The van der Waals surface area contributed by atoms with Crippen LogP contribution in [0.1, 0.15) is 12.0 Å². The van der Waals surface area contributed by atoms with E-state index in [1.54, 1.807) is 6.20 Å². The fourth-order valence-corrected chi connectivity index (χ4v) is 3.70. The van der Waals surface area contributed by atoms with Gasteiger partial charge in [0.2, 0.25) is 12.0 Å². The van der Waals surface area contributed by atoms with Crippen LogP contribution in [-0.2, 0) is 19.1 Å². The lowest BCUT2D eigenvalue weighted by Crippen LogP contribution is -2.80. The minimum absolute atomic E-state index is 0.0722. The van der Waals surface area contributed by atoms with Crippen LogP contribution >= 0.6 is 11.6 Å². The molecular formula is C16H16ClN3O4. The molecule has 1 aromatic rings. The van der Waals surface area contributed by atoms with Crippen LogP contribution < -0.4 is 10.2 Å². The molecule has 1 aromatic heterocycles. The molecule has 3 aliphatic rings. The lowest BCUT2D eigenvalue weighted by Gasteiger charge is -2.62. The van der Waals surface area contributed by atoms with Crippen LogP contribution in [0.4, 0.5) is 5.69 Å². The molecule has 1 N–H and O–H groups in total. The first kappa shape index (κ1) is 15.4. The molecule has 1 unspecified atom stereocenters. The number of rotatable bonds is 1. The van der Waals surface area contributed by atoms with Gasteiger partial charge in [0.15, 0.2) is 0 Å². The normalized spacial score (nSPS) is 33.2. The van der Waals surface area contributed by atoms with Gasteiger partial charge in [-0.25, -0.2) is 14.6 Å². The molecule has 4 heterocycles. The second-order valence-electron chi connectivity index (χ2n) is 6.17. The lowest BCUT2D eigenvalue weighted by atomic mass is 9.77. The van der Waals surface area contributed by atoms with E-state index in [9.17, 15) is 9.59 Å². The average molecular weight is 350 g/mol. The number of aromatic nitrogens is 1. The zero-order valence-electron chi connectivity index (χ0n) is 13.0. The number of nitrogens with zero attached hydrogens (tertiary/aromatic N) is 2. The molecule has 3 atom stereocenters. The van der Waals surface area contributed by atoms with E-state index in [0.29, 0.717) is 18.2 Å². The summed E-state index contributed by atoms with van der Waals surface area (Å²) >= 11 is 6.00. The van der Waals surface area contributed by atoms with Gasteiger partial charge in [0.25, 0.3) is 0 Å². The number of hydrogen-bond acceptors (Lipinski definition) is 7. The van der Waals surface area contributed by atoms with E-state index in [0.717, 1.165) is 29.8 Å². The molecule has 0 aromatic carbocycles. The van der Waals surface area contributed by atoms with E-state index in [-0.39, 0.29) is 5.92 Å². The fourth-order valence-electron chi connectivity index (χ4n) is 3.59. The van der Waals surface area contributed by atoms with E-state index in [2.05, 4.69) is 10.3 Å². The molecule has 0 aliphatic carbocycles. The molecule has 126 valence electrons. The van der Waals surface area contributed by atoms with E-state index >= 15 is 0 Å². The second kappa shape index (κ2) is 5.46. The van der Waals surface area contributed by atoms with Crippen molar-refractivity contribution in [3.63, 3.8) is 0 Å². The van der Waals surface area contributed by atoms with Gasteiger partial charge in [-0.1, -0.05) is 11.6 Å². The molecule has 7 nitrogen and oxygen atoms in total. The van der Waals surface area contributed by atoms with Crippen LogP contribution in [0.3, 0.4) is 0 Å². The summed E-state index contributed by atoms with van der Waals surface area (Å²) in [5.74, 6) is -1.06. The molecule has 4 rings (SSSR count). The monoisotopic (exact) mass is 349 g/mol. The zero-order chi connectivity index (χ0) is 16.9. The van der Waals surface area contributed by atoms with Crippen LogP contribution in [-0.4, -0.2) is 42.0 Å². The van der Waals surface area contributed by atoms with Gasteiger partial charge in [0.05, 0.1) is 11.9 Å². The molecule has 0 amide bonds. The van der Waals surface area contributed by atoms with Crippen LogP contribution in [0.2, 0.25) is 5.15 Å². The molecule has 1 spiro atoms. The topological polar surface area (TPSA) is 80.8 Å². The van der Waals surface area contributed by atoms with Gasteiger partial charge in [-0.15, -0.1) is 0 Å². The maximum atomic E-state index is 12.1. The molecule has 24 heavy (non-hydrogen) atoms. The van der Waals surface area contributed by atoms with Crippen molar-refractivity contribution < 1.29 is 19.1 Å². The third-order valence-corrected chi connectivity index (χ3v) is 5.17. The predicted molar refractivity (Wildman–Crippen MR) is 85.3 cm³/mol. The number of hydrogen-bond donors (Lipinski definition) is 1. The van der Waals surface area contributed by atoms with Crippen LogP contribution in [0.5, 0.6) is 0 Å². The molecule has 2 saturated heterocycles. The van der Waals surface area contributed by atoms with Gasteiger partial charge >= 0.3 is 11.9 Å². The number of halogens is 1. The van der Waals surface area contributed by atoms with Crippen LogP contribution in [0, 0.1) is 12.8 Å². The van der Waals surface area contributed by atoms with Crippen molar-refractivity contribution in [2.75, 3.05) is 18.0 Å². The van der Waals surface area contributed by atoms with Gasteiger partial charge in [0, 0.05) is 24.6 Å². The standard InChI is InChI=1S/C16H16ClN3O4/c1-9-6-11(7-19-14(9)17)20-8-10-4-5-18-15-16(10,20)24-13(22)3-2-12(21)23-15/h2-3,6-7,10,15,18H,4-5,8H2,1H3/b3-2+/t10-,15?,16+/m1/s1. The summed E-state index contributed by atoms with van der Waals surface area (Å²) in [6, 6.07) is 1.89. The van der Waals surface area contributed by atoms with E-state index in [1.807, 2.05) is 17.9 Å². The maximum Gasteiger partial charge on any atom is 0.333 e. The highest BCUT2D eigenvalue weighted by atomic mass is 35.5. The minimum Gasteiger partial charge on any atom is -0.437 e. The third kappa shape index (κ3) is 2.19. The van der Waals surface area contributed by atoms with Crippen LogP contribution in [0.25, 0.3) is 0 Å². The average Bonchev–Trinajstić information content (AvgIpc) is 2.52. The fraction of sp³-hybridized carbons (Fsp3) is 0.438. The Morgan fingerprint density at radius 2 is 2.17 bits per heavy atom. The number of aryl methyl sites for hydroxylation is 1. The van der Waals surface area contributed by atoms with E-state index in [1.165, 1.54) is 0 Å². The molecular weight excluding hydrogens is 334 g/mol. The summed E-state index contributed by atoms with van der Waals surface area (Å²) in [5, 5.41) is 3.57. The second-order valence-corrected chi connectivity index (χ2v) is 6.53.